The van der Waals surface area contributed by atoms with Gasteiger partial charge in [-0.1, -0.05) is 44.3 Å². The number of fused-ring (bicyclic) bond motifs is 1. The molecule has 4 atom stereocenters. The van der Waals surface area contributed by atoms with Crippen LogP contribution in [-0.2, 0) is 0 Å². The Morgan fingerprint density at radius 3 is 2.67 bits per heavy atom. The van der Waals surface area contributed by atoms with Gasteiger partial charge in [-0.2, -0.15) is 0 Å². The van der Waals surface area contributed by atoms with E-state index in [0.717, 1.165) is 17.8 Å². The number of allylic oxidation sites excluding steroid dienone is 1. The van der Waals surface area contributed by atoms with Crippen LogP contribution in [0.1, 0.15) is 84.0 Å². The third-order valence-electron chi connectivity index (χ3n) is 6.39. The smallest absolute Gasteiger partial charge is 0.0307 e. The van der Waals surface area contributed by atoms with E-state index in [4.69, 9.17) is 0 Å². The Bertz CT molecular complexity index is 346. The minimum absolute atomic E-state index is 0.716. The third-order valence-corrected chi connectivity index (χ3v) is 6.39. The maximum Gasteiger partial charge on any atom is 0.0307 e. The van der Waals surface area contributed by atoms with Gasteiger partial charge in [0.2, 0.25) is 0 Å². The van der Waals surface area contributed by atoms with Gasteiger partial charge in [-0.15, -0.1) is 0 Å². The van der Waals surface area contributed by atoms with E-state index in [2.05, 4.69) is 18.3 Å². The predicted octanol–water partition coefficient (Wildman–Crippen LogP) is 5.46. The van der Waals surface area contributed by atoms with Gasteiger partial charge in [-0.05, 0) is 75.7 Å². The molecule has 3 aliphatic rings. The van der Waals surface area contributed by atoms with Crippen molar-refractivity contribution in [2.24, 2.45) is 17.8 Å². The zero-order valence-corrected chi connectivity index (χ0v) is 14.1. The number of hydrogen-bond donors (Lipinski definition) is 1. The molecule has 21 heavy (non-hydrogen) atoms. The molecule has 2 fully saturated rings. The summed E-state index contributed by atoms with van der Waals surface area (Å²) in [6.07, 6.45) is 20.0. The first kappa shape index (κ1) is 15.6. The molecule has 0 heterocycles. The molecule has 0 bridgehead atoms. The second-order valence-corrected chi connectivity index (χ2v) is 7.83. The molecule has 0 aromatic heterocycles. The fourth-order valence-electron chi connectivity index (χ4n) is 5.26. The quantitative estimate of drug-likeness (QED) is 0.662. The van der Waals surface area contributed by atoms with Crippen molar-refractivity contribution in [1.82, 2.24) is 5.32 Å². The highest BCUT2D eigenvalue weighted by atomic mass is 14.9. The summed E-state index contributed by atoms with van der Waals surface area (Å²) in [5.74, 6) is 3.08. The summed E-state index contributed by atoms with van der Waals surface area (Å²) in [5.41, 5.74) is 1.77. The molecule has 1 heteroatoms. The Balaban J connectivity index is 1.65. The first-order valence-electron chi connectivity index (χ1n) is 9.80. The number of nitrogens with one attached hydrogen (secondary N) is 1. The first-order valence-corrected chi connectivity index (χ1v) is 9.80. The highest BCUT2D eigenvalue weighted by Crippen LogP contribution is 2.44. The summed E-state index contributed by atoms with van der Waals surface area (Å²) >= 11 is 0. The van der Waals surface area contributed by atoms with E-state index in [1.165, 1.54) is 83.6 Å². The van der Waals surface area contributed by atoms with Crippen LogP contribution in [0.25, 0.3) is 0 Å². The van der Waals surface area contributed by atoms with Gasteiger partial charge in [0.15, 0.2) is 0 Å². The monoisotopic (exact) mass is 289 g/mol. The van der Waals surface area contributed by atoms with Crippen molar-refractivity contribution in [2.75, 3.05) is 6.54 Å². The van der Waals surface area contributed by atoms with Gasteiger partial charge in [0.05, 0.1) is 0 Å². The van der Waals surface area contributed by atoms with Crippen LogP contribution in [0.4, 0.5) is 0 Å². The zero-order chi connectivity index (χ0) is 14.5. The van der Waals surface area contributed by atoms with Crippen molar-refractivity contribution in [2.45, 2.75) is 90.0 Å². The zero-order valence-electron chi connectivity index (χ0n) is 14.1. The van der Waals surface area contributed by atoms with Crippen molar-refractivity contribution >= 4 is 0 Å². The second-order valence-electron chi connectivity index (χ2n) is 7.83. The van der Waals surface area contributed by atoms with Gasteiger partial charge in [0.25, 0.3) is 0 Å². The molecule has 2 saturated carbocycles. The summed E-state index contributed by atoms with van der Waals surface area (Å²) < 4.78 is 0. The Morgan fingerprint density at radius 1 is 1.05 bits per heavy atom. The van der Waals surface area contributed by atoms with Gasteiger partial charge in [0, 0.05) is 6.04 Å². The van der Waals surface area contributed by atoms with E-state index in [9.17, 15) is 0 Å². The molecule has 3 aliphatic carbocycles. The van der Waals surface area contributed by atoms with Crippen LogP contribution in [0.2, 0.25) is 0 Å². The molecule has 0 aromatic carbocycles. The van der Waals surface area contributed by atoms with Gasteiger partial charge < -0.3 is 5.32 Å². The van der Waals surface area contributed by atoms with Crippen molar-refractivity contribution < 1.29 is 0 Å². The molecule has 0 aliphatic heterocycles. The molecular formula is C20H35N. The Kier molecular flexibility index (Phi) is 5.80. The van der Waals surface area contributed by atoms with Crippen LogP contribution in [0.3, 0.4) is 0 Å². The van der Waals surface area contributed by atoms with Crippen molar-refractivity contribution in [3.8, 4) is 0 Å². The average Bonchev–Trinajstić information content (AvgIpc) is 2.56. The largest absolute Gasteiger partial charge is 0.310 e. The van der Waals surface area contributed by atoms with E-state index >= 15 is 0 Å². The van der Waals surface area contributed by atoms with E-state index in [1.807, 2.05) is 0 Å². The molecule has 0 radical (unpaired) electrons. The molecule has 0 saturated heterocycles. The standard InChI is InChI=1S/C20H35N/c1-2-14-21-20(17-9-4-3-5-10-17)19-13-12-16-8-6-7-11-18(16)15-19/h9,16,18-21H,2-8,10-15H2,1H3. The molecule has 4 unspecified atom stereocenters. The van der Waals surface area contributed by atoms with Crippen molar-refractivity contribution in [1.29, 1.82) is 0 Å². The Hall–Kier alpha value is -0.300. The van der Waals surface area contributed by atoms with Crippen molar-refractivity contribution in [3.63, 3.8) is 0 Å². The highest BCUT2D eigenvalue weighted by Gasteiger charge is 2.36. The molecule has 0 amide bonds. The third kappa shape index (κ3) is 3.92. The van der Waals surface area contributed by atoms with Crippen LogP contribution in [0.15, 0.2) is 11.6 Å². The Morgan fingerprint density at radius 2 is 1.90 bits per heavy atom. The summed E-state index contributed by atoms with van der Waals surface area (Å²) in [4.78, 5) is 0. The molecule has 1 N–H and O–H groups in total. The lowest BCUT2D eigenvalue weighted by Gasteiger charge is -2.43. The minimum atomic E-state index is 0.716. The molecule has 0 aromatic rings. The van der Waals surface area contributed by atoms with Gasteiger partial charge in [-0.25, -0.2) is 0 Å². The fraction of sp³-hybridized carbons (Fsp3) is 0.900. The SMILES string of the molecule is CCCNC(C1=CCCCC1)C1CCC2CCCCC2C1. The lowest BCUT2D eigenvalue weighted by molar-refractivity contribution is 0.115. The predicted molar refractivity (Wildman–Crippen MR) is 91.4 cm³/mol. The van der Waals surface area contributed by atoms with Crippen LogP contribution in [0.5, 0.6) is 0 Å². The van der Waals surface area contributed by atoms with Crippen LogP contribution in [0, 0.1) is 17.8 Å². The fourth-order valence-corrected chi connectivity index (χ4v) is 5.26. The summed E-state index contributed by atoms with van der Waals surface area (Å²) in [7, 11) is 0. The van der Waals surface area contributed by atoms with Crippen molar-refractivity contribution in [3.05, 3.63) is 11.6 Å². The lowest BCUT2D eigenvalue weighted by Crippen LogP contribution is -2.42. The van der Waals surface area contributed by atoms with E-state index < -0.39 is 0 Å². The molecule has 120 valence electrons. The van der Waals surface area contributed by atoms with Crippen LogP contribution >= 0.6 is 0 Å². The molecular weight excluding hydrogens is 254 g/mol. The van der Waals surface area contributed by atoms with E-state index in [-0.39, 0.29) is 0 Å². The topological polar surface area (TPSA) is 12.0 Å². The van der Waals surface area contributed by atoms with Gasteiger partial charge in [0.1, 0.15) is 0 Å². The maximum absolute atomic E-state index is 3.94. The maximum atomic E-state index is 3.94. The van der Waals surface area contributed by atoms with Crippen LogP contribution < -0.4 is 5.32 Å². The molecule has 3 rings (SSSR count). The molecule has 0 spiro atoms. The molecule has 1 nitrogen and oxygen atoms in total. The summed E-state index contributed by atoms with van der Waals surface area (Å²) in [5, 5.41) is 3.94. The average molecular weight is 290 g/mol. The van der Waals surface area contributed by atoms with E-state index in [1.54, 1.807) is 5.57 Å². The number of rotatable bonds is 5. The number of hydrogen-bond acceptors (Lipinski definition) is 1. The first-order chi connectivity index (χ1) is 10.4. The summed E-state index contributed by atoms with van der Waals surface area (Å²) in [6.45, 7) is 3.50. The summed E-state index contributed by atoms with van der Waals surface area (Å²) in [6, 6.07) is 0.716. The lowest BCUT2D eigenvalue weighted by atomic mass is 9.65. The van der Waals surface area contributed by atoms with Crippen LogP contribution in [-0.4, -0.2) is 12.6 Å². The van der Waals surface area contributed by atoms with Gasteiger partial charge in [-0.3, -0.25) is 0 Å². The highest BCUT2D eigenvalue weighted by molar-refractivity contribution is 5.15. The normalized spacial score (nSPS) is 34.9. The second kappa shape index (κ2) is 7.81. The minimum Gasteiger partial charge on any atom is -0.310 e. The van der Waals surface area contributed by atoms with Gasteiger partial charge >= 0.3 is 0 Å². The van der Waals surface area contributed by atoms with E-state index in [0.29, 0.717) is 6.04 Å². The Labute approximate surface area is 132 Å².